The molecule has 0 radical (unpaired) electrons. The fourth-order valence-electron chi connectivity index (χ4n) is 4.38. The second-order valence-corrected chi connectivity index (χ2v) is 8.03. The maximum Gasteiger partial charge on any atom is 0.321 e. The van der Waals surface area contributed by atoms with Crippen LogP contribution in [0.15, 0.2) is 72.8 Å². The van der Waals surface area contributed by atoms with Crippen molar-refractivity contribution >= 4 is 11.9 Å². The van der Waals surface area contributed by atoms with E-state index in [0.717, 1.165) is 33.4 Å². The number of hydrogen-bond donors (Lipinski definition) is 2. The molecule has 0 aromatic heterocycles. The SMILES string of the molecule is Cc1cccc(C[C@H](N)[C@@H](C(=O)O)C(=O)OCC2c3ccccc3-c3ccccc32)c1. The standard InChI is InChI=1S/C26H25NO4/c1-16-7-6-8-17(13-16)14-23(27)24(25(28)29)26(30)31-15-22-20-11-4-2-9-18(20)19-10-3-5-12-21(19)22/h2-13,22-24H,14-15,27H2,1H3,(H,28,29)/t23-,24-/m0/s1. The first-order valence-electron chi connectivity index (χ1n) is 10.3. The van der Waals surface area contributed by atoms with Crippen LogP contribution in [0.1, 0.15) is 28.2 Å². The molecule has 0 bridgehead atoms. The summed E-state index contributed by atoms with van der Waals surface area (Å²) in [7, 11) is 0. The Hall–Kier alpha value is -3.44. The van der Waals surface area contributed by atoms with Gasteiger partial charge in [-0.15, -0.1) is 0 Å². The van der Waals surface area contributed by atoms with Gasteiger partial charge in [-0.1, -0.05) is 78.4 Å². The van der Waals surface area contributed by atoms with Crippen molar-refractivity contribution in [2.24, 2.45) is 11.7 Å². The minimum atomic E-state index is -1.42. The number of benzene rings is 3. The molecule has 2 atom stereocenters. The van der Waals surface area contributed by atoms with E-state index in [-0.39, 0.29) is 18.9 Å². The van der Waals surface area contributed by atoms with E-state index in [1.54, 1.807) is 0 Å². The van der Waals surface area contributed by atoms with Crippen LogP contribution in [0.4, 0.5) is 0 Å². The Morgan fingerprint density at radius 3 is 2.16 bits per heavy atom. The topological polar surface area (TPSA) is 89.6 Å². The Kier molecular flexibility index (Phi) is 5.87. The first-order valence-corrected chi connectivity index (χ1v) is 10.3. The number of carbonyl (C=O) groups is 2. The van der Waals surface area contributed by atoms with Crippen molar-refractivity contribution in [1.29, 1.82) is 0 Å². The molecule has 3 aromatic carbocycles. The van der Waals surface area contributed by atoms with Crippen molar-refractivity contribution in [1.82, 2.24) is 0 Å². The van der Waals surface area contributed by atoms with Gasteiger partial charge >= 0.3 is 11.9 Å². The van der Waals surface area contributed by atoms with Crippen molar-refractivity contribution in [3.05, 3.63) is 95.1 Å². The second kappa shape index (κ2) is 8.74. The monoisotopic (exact) mass is 415 g/mol. The van der Waals surface area contributed by atoms with Crippen LogP contribution in [0.3, 0.4) is 0 Å². The highest BCUT2D eigenvalue weighted by molar-refractivity contribution is 5.95. The van der Waals surface area contributed by atoms with Crippen LogP contribution < -0.4 is 5.73 Å². The van der Waals surface area contributed by atoms with E-state index in [0.29, 0.717) is 0 Å². The number of carbonyl (C=O) groups excluding carboxylic acids is 1. The summed E-state index contributed by atoms with van der Waals surface area (Å²) in [5, 5.41) is 9.67. The number of aliphatic carboxylic acids is 1. The lowest BCUT2D eigenvalue weighted by Gasteiger charge is -2.21. The fraction of sp³-hybridized carbons (Fsp3) is 0.231. The van der Waals surface area contributed by atoms with Gasteiger partial charge in [0.25, 0.3) is 0 Å². The van der Waals surface area contributed by atoms with Gasteiger partial charge in [0, 0.05) is 12.0 Å². The first-order chi connectivity index (χ1) is 15.0. The molecule has 0 amide bonds. The minimum Gasteiger partial charge on any atom is -0.481 e. The maximum absolute atomic E-state index is 12.8. The molecule has 0 heterocycles. The molecule has 0 spiro atoms. The molecule has 158 valence electrons. The summed E-state index contributed by atoms with van der Waals surface area (Å²) in [6.45, 7) is 2.03. The van der Waals surface area contributed by atoms with Gasteiger partial charge < -0.3 is 15.6 Å². The van der Waals surface area contributed by atoms with Gasteiger partial charge in [-0.05, 0) is 41.2 Å². The van der Waals surface area contributed by atoms with Crippen molar-refractivity contribution < 1.29 is 19.4 Å². The van der Waals surface area contributed by atoms with Gasteiger partial charge in [0.2, 0.25) is 0 Å². The Morgan fingerprint density at radius 1 is 0.968 bits per heavy atom. The summed E-state index contributed by atoms with van der Waals surface area (Å²) in [6.07, 6.45) is 0.281. The van der Waals surface area contributed by atoms with Gasteiger partial charge in [0.15, 0.2) is 5.92 Å². The Bertz CT molecular complexity index is 1080. The highest BCUT2D eigenvalue weighted by atomic mass is 16.5. The molecule has 4 rings (SSSR count). The lowest BCUT2D eigenvalue weighted by molar-refractivity contribution is -0.159. The first kappa shape index (κ1) is 20.8. The van der Waals surface area contributed by atoms with E-state index < -0.39 is 23.9 Å². The Balaban J connectivity index is 1.49. The third-order valence-corrected chi connectivity index (χ3v) is 5.86. The summed E-state index contributed by atoms with van der Waals surface area (Å²) in [6, 6.07) is 22.8. The molecule has 0 fully saturated rings. The van der Waals surface area contributed by atoms with Gasteiger partial charge in [0.1, 0.15) is 6.61 Å². The average molecular weight is 415 g/mol. The third-order valence-electron chi connectivity index (χ3n) is 5.86. The van der Waals surface area contributed by atoms with Crippen LogP contribution in [-0.4, -0.2) is 29.7 Å². The molecule has 0 unspecified atom stereocenters. The number of carboxylic acids is 1. The zero-order valence-corrected chi connectivity index (χ0v) is 17.3. The van der Waals surface area contributed by atoms with Crippen LogP contribution in [-0.2, 0) is 20.7 Å². The van der Waals surface area contributed by atoms with Gasteiger partial charge in [0.05, 0.1) is 0 Å². The van der Waals surface area contributed by atoms with Crippen LogP contribution in [0.5, 0.6) is 0 Å². The number of carboxylic acid groups (broad SMARTS) is 1. The van der Waals surface area contributed by atoms with E-state index in [1.165, 1.54) is 0 Å². The van der Waals surface area contributed by atoms with Crippen molar-refractivity contribution in [2.45, 2.75) is 25.3 Å². The largest absolute Gasteiger partial charge is 0.481 e. The molecule has 5 nitrogen and oxygen atoms in total. The normalized spacial score (nSPS) is 14.4. The number of aryl methyl sites for hydroxylation is 1. The molecule has 0 saturated carbocycles. The summed E-state index contributed by atoms with van der Waals surface area (Å²) in [5.41, 5.74) is 12.5. The molecule has 31 heavy (non-hydrogen) atoms. The number of esters is 1. The minimum absolute atomic E-state index is 0.0772. The van der Waals surface area contributed by atoms with Crippen molar-refractivity contribution in [2.75, 3.05) is 6.61 Å². The zero-order chi connectivity index (χ0) is 22.0. The number of fused-ring (bicyclic) bond motifs is 3. The van der Waals surface area contributed by atoms with E-state index in [9.17, 15) is 14.7 Å². The summed E-state index contributed by atoms with van der Waals surface area (Å²) >= 11 is 0. The van der Waals surface area contributed by atoms with Gasteiger partial charge in [-0.3, -0.25) is 9.59 Å². The van der Waals surface area contributed by atoms with E-state index in [2.05, 4.69) is 0 Å². The molecule has 1 aliphatic carbocycles. The molecule has 3 N–H and O–H groups in total. The number of rotatable bonds is 7. The number of nitrogens with two attached hydrogens (primary N) is 1. The zero-order valence-electron chi connectivity index (χ0n) is 17.3. The number of ether oxygens (including phenoxy) is 1. The molecule has 1 aliphatic rings. The van der Waals surface area contributed by atoms with Crippen molar-refractivity contribution in [3.8, 4) is 11.1 Å². The van der Waals surface area contributed by atoms with Crippen LogP contribution >= 0.6 is 0 Å². The number of hydrogen-bond acceptors (Lipinski definition) is 4. The summed E-state index contributed by atoms with van der Waals surface area (Å²) in [4.78, 5) is 24.6. The molecule has 0 saturated heterocycles. The molecular formula is C26H25NO4. The average Bonchev–Trinajstić information content (AvgIpc) is 3.06. The lowest BCUT2D eigenvalue weighted by atomic mass is 9.93. The third kappa shape index (κ3) is 4.23. The van der Waals surface area contributed by atoms with E-state index in [1.807, 2.05) is 79.7 Å². The quantitative estimate of drug-likeness (QED) is 0.451. The van der Waals surface area contributed by atoms with Crippen LogP contribution in [0, 0.1) is 12.8 Å². The molecule has 3 aromatic rings. The lowest BCUT2D eigenvalue weighted by Crippen LogP contribution is -2.43. The fourth-order valence-corrected chi connectivity index (χ4v) is 4.38. The Labute approximate surface area is 181 Å². The molecular weight excluding hydrogens is 390 g/mol. The van der Waals surface area contributed by atoms with Gasteiger partial charge in [-0.2, -0.15) is 0 Å². The highest BCUT2D eigenvalue weighted by Crippen LogP contribution is 2.44. The van der Waals surface area contributed by atoms with Crippen LogP contribution in [0.2, 0.25) is 0 Å². The smallest absolute Gasteiger partial charge is 0.321 e. The maximum atomic E-state index is 12.8. The van der Waals surface area contributed by atoms with Crippen LogP contribution in [0.25, 0.3) is 11.1 Å². The van der Waals surface area contributed by atoms with E-state index in [4.69, 9.17) is 10.5 Å². The highest BCUT2D eigenvalue weighted by Gasteiger charge is 2.36. The Morgan fingerprint density at radius 2 is 1.58 bits per heavy atom. The summed E-state index contributed by atoms with van der Waals surface area (Å²) < 4.78 is 5.55. The molecule has 5 heteroatoms. The molecule has 0 aliphatic heterocycles. The van der Waals surface area contributed by atoms with E-state index >= 15 is 0 Å². The van der Waals surface area contributed by atoms with Crippen molar-refractivity contribution in [3.63, 3.8) is 0 Å². The predicted octanol–water partition coefficient (Wildman–Crippen LogP) is 3.92. The predicted molar refractivity (Wildman–Crippen MR) is 119 cm³/mol. The second-order valence-electron chi connectivity index (χ2n) is 8.03. The summed E-state index contributed by atoms with van der Waals surface area (Å²) in [5.74, 6) is -3.61. The van der Waals surface area contributed by atoms with Gasteiger partial charge in [-0.25, -0.2) is 0 Å².